The fourth-order valence-corrected chi connectivity index (χ4v) is 1.15. The van der Waals surface area contributed by atoms with Gasteiger partial charge in [-0.1, -0.05) is 0 Å². The van der Waals surface area contributed by atoms with Crippen LogP contribution in [0.1, 0.15) is 26.2 Å². The van der Waals surface area contributed by atoms with E-state index in [9.17, 15) is 4.79 Å². The Morgan fingerprint density at radius 3 is 2.67 bits per heavy atom. The molecule has 0 aromatic rings. The lowest BCUT2D eigenvalue weighted by Gasteiger charge is -2.17. The standard InChI is InChI=1S/C9H18N2O/c1-7(10)5-6-11(2)9(12)8-3-4-8/h7-8H,3-6,10H2,1-2H3. The lowest BCUT2D eigenvalue weighted by molar-refractivity contribution is -0.131. The first kappa shape index (κ1) is 9.52. The predicted octanol–water partition coefficient (Wildman–Crippen LogP) is 0.592. The van der Waals surface area contributed by atoms with Gasteiger partial charge in [-0.05, 0) is 26.2 Å². The summed E-state index contributed by atoms with van der Waals surface area (Å²) in [5.74, 6) is 0.638. The summed E-state index contributed by atoms with van der Waals surface area (Å²) < 4.78 is 0. The summed E-state index contributed by atoms with van der Waals surface area (Å²) in [7, 11) is 1.86. The molecule has 0 radical (unpaired) electrons. The highest BCUT2D eigenvalue weighted by Gasteiger charge is 2.31. The second-order valence-electron chi connectivity index (χ2n) is 3.80. The van der Waals surface area contributed by atoms with Crippen LogP contribution in [0.5, 0.6) is 0 Å². The predicted molar refractivity (Wildman–Crippen MR) is 48.6 cm³/mol. The van der Waals surface area contributed by atoms with Crippen molar-refractivity contribution >= 4 is 5.91 Å². The maximum absolute atomic E-state index is 11.4. The van der Waals surface area contributed by atoms with E-state index in [1.54, 1.807) is 4.90 Å². The van der Waals surface area contributed by atoms with Gasteiger partial charge in [0.1, 0.15) is 0 Å². The van der Waals surface area contributed by atoms with E-state index in [1.807, 2.05) is 14.0 Å². The van der Waals surface area contributed by atoms with Crippen molar-refractivity contribution in [2.24, 2.45) is 11.7 Å². The largest absolute Gasteiger partial charge is 0.345 e. The molecule has 1 unspecified atom stereocenters. The monoisotopic (exact) mass is 170 g/mol. The van der Waals surface area contributed by atoms with Gasteiger partial charge in [0.15, 0.2) is 0 Å². The van der Waals surface area contributed by atoms with Crippen LogP contribution in [-0.4, -0.2) is 30.4 Å². The van der Waals surface area contributed by atoms with Crippen LogP contribution in [0.2, 0.25) is 0 Å². The van der Waals surface area contributed by atoms with E-state index in [2.05, 4.69) is 0 Å². The Labute approximate surface area is 73.9 Å². The number of hydrogen-bond donors (Lipinski definition) is 1. The van der Waals surface area contributed by atoms with Crippen molar-refractivity contribution in [3.05, 3.63) is 0 Å². The Hall–Kier alpha value is -0.570. The second-order valence-corrected chi connectivity index (χ2v) is 3.80. The van der Waals surface area contributed by atoms with E-state index < -0.39 is 0 Å². The molecular formula is C9H18N2O. The number of nitrogens with two attached hydrogens (primary N) is 1. The minimum absolute atomic E-state index is 0.194. The molecule has 1 aliphatic rings. The van der Waals surface area contributed by atoms with E-state index in [1.165, 1.54) is 0 Å². The summed E-state index contributed by atoms with van der Waals surface area (Å²) in [4.78, 5) is 13.2. The highest BCUT2D eigenvalue weighted by molar-refractivity contribution is 5.80. The van der Waals surface area contributed by atoms with Crippen molar-refractivity contribution < 1.29 is 4.79 Å². The van der Waals surface area contributed by atoms with Crippen molar-refractivity contribution in [2.45, 2.75) is 32.2 Å². The van der Waals surface area contributed by atoms with E-state index in [0.29, 0.717) is 11.8 Å². The Kier molecular flexibility index (Phi) is 3.09. The smallest absolute Gasteiger partial charge is 0.225 e. The topological polar surface area (TPSA) is 46.3 Å². The first-order chi connectivity index (χ1) is 5.61. The number of hydrogen-bond acceptors (Lipinski definition) is 2. The summed E-state index contributed by atoms with van der Waals surface area (Å²) in [6.07, 6.45) is 3.07. The second kappa shape index (κ2) is 3.90. The minimum atomic E-state index is 0.194. The normalized spacial score (nSPS) is 18.9. The molecule has 1 amide bonds. The molecule has 1 aliphatic carbocycles. The molecule has 0 aromatic carbocycles. The average Bonchev–Trinajstić information content (AvgIpc) is 2.80. The van der Waals surface area contributed by atoms with Crippen molar-refractivity contribution in [2.75, 3.05) is 13.6 Å². The van der Waals surface area contributed by atoms with Gasteiger partial charge in [0.05, 0.1) is 0 Å². The van der Waals surface area contributed by atoms with E-state index in [-0.39, 0.29) is 6.04 Å². The number of amides is 1. The molecule has 3 nitrogen and oxygen atoms in total. The lowest BCUT2D eigenvalue weighted by atomic mass is 10.2. The van der Waals surface area contributed by atoms with Crippen LogP contribution in [0.3, 0.4) is 0 Å². The van der Waals surface area contributed by atoms with Crippen molar-refractivity contribution in [3.8, 4) is 0 Å². The van der Waals surface area contributed by atoms with E-state index in [0.717, 1.165) is 25.8 Å². The molecule has 0 aromatic heterocycles. The van der Waals surface area contributed by atoms with Crippen LogP contribution in [0.15, 0.2) is 0 Å². The van der Waals surface area contributed by atoms with E-state index in [4.69, 9.17) is 5.73 Å². The molecule has 1 rings (SSSR count). The number of rotatable bonds is 4. The molecule has 1 fully saturated rings. The van der Waals surface area contributed by atoms with Gasteiger partial charge in [-0.3, -0.25) is 4.79 Å². The minimum Gasteiger partial charge on any atom is -0.345 e. The first-order valence-electron chi connectivity index (χ1n) is 4.62. The van der Waals surface area contributed by atoms with Gasteiger partial charge < -0.3 is 10.6 Å². The van der Waals surface area contributed by atoms with Crippen molar-refractivity contribution in [1.29, 1.82) is 0 Å². The fraction of sp³-hybridized carbons (Fsp3) is 0.889. The van der Waals surface area contributed by atoms with E-state index >= 15 is 0 Å². The van der Waals surface area contributed by atoms with Gasteiger partial charge in [0, 0.05) is 25.6 Å². The molecule has 0 saturated heterocycles. The van der Waals surface area contributed by atoms with Gasteiger partial charge in [0.2, 0.25) is 5.91 Å². The molecule has 0 spiro atoms. The lowest BCUT2D eigenvalue weighted by Crippen LogP contribution is -2.32. The van der Waals surface area contributed by atoms with Gasteiger partial charge in [0.25, 0.3) is 0 Å². The van der Waals surface area contributed by atoms with Gasteiger partial charge >= 0.3 is 0 Å². The third kappa shape index (κ3) is 2.81. The van der Waals surface area contributed by atoms with Gasteiger partial charge in [-0.2, -0.15) is 0 Å². The van der Waals surface area contributed by atoms with Crippen LogP contribution >= 0.6 is 0 Å². The Balaban J connectivity index is 2.17. The zero-order valence-electron chi connectivity index (χ0n) is 7.92. The third-order valence-electron chi connectivity index (χ3n) is 2.22. The molecule has 1 saturated carbocycles. The fourth-order valence-electron chi connectivity index (χ4n) is 1.15. The Bertz CT molecular complexity index is 164. The number of carbonyl (C=O) groups is 1. The van der Waals surface area contributed by atoms with Crippen LogP contribution in [0.25, 0.3) is 0 Å². The average molecular weight is 170 g/mol. The number of nitrogens with zero attached hydrogens (tertiary/aromatic N) is 1. The zero-order chi connectivity index (χ0) is 9.14. The molecule has 2 N–H and O–H groups in total. The summed E-state index contributed by atoms with van der Waals surface area (Å²) in [6.45, 7) is 2.77. The Morgan fingerprint density at radius 2 is 2.25 bits per heavy atom. The van der Waals surface area contributed by atoms with Crippen LogP contribution in [0, 0.1) is 5.92 Å². The quantitative estimate of drug-likeness (QED) is 0.671. The molecule has 12 heavy (non-hydrogen) atoms. The molecule has 0 aliphatic heterocycles. The molecule has 70 valence electrons. The molecule has 3 heteroatoms. The summed E-state index contributed by atoms with van der Waals surface area (Å²) in [5.41, 5.74) is 5.59. The van der Waals surface area contributed by atoms with Crippen molar-refractivity contribution in [1.82, 2.24) is 4.90 Å². The van der Waals surface area contributed by atoms with Crippen molar-refractivity contribution in [3.63, 3.8) is 0 Å². The summed E-state index contributed by atoms with van der Waals surface area (Å²) in [6, 6.07) is 0.194. The van der Waals surface area contributed by atoms with Crippen LogP contribution in [0.4, 0.5) is 0 Å². The molecule has 0 bridgehead atoms. The zero-order valence-corrected chi connectivity index (χ0v) is 7.92. The van der Waals surface area contributed by atoms with Crippen LogP contribution in [-0.2, 0) is 4.79 Å². The maximum Gasteiger partial charge on any atom is 0.225 e. The molecule has 1 atom stereocenters. The SMILES string of the molecule is CC(N)CCN(C)C(=O)C1CC1. The van der Waals surface area contributed by atoms with Crippen LogP contribution < -0.4 is 5.73 Å². The maximum atomic E-state index is 11.4. The highest BCUT2D eigenvalue weighted by Crippen LogP contribution is 2.30. The molecular weight excluding hydrogens is 152 g/mol. The first-order valence-corrected chi connectivity index (χ1v) is 4.62. The summed E-state index contributed by atoms with van der Waals surface area (Å²) in [5, 5.41) is 0. The number of carbonyl (C=O) groups excluding carboxylic acids is 1. The highest BCUT2D eigenvalue weighted by atomic mass is 16.2. The van der Waals surface area contributed by atoms with Gasteiger partial charge in [-0.15, -0.1) is 0 Å². The summed E-state index contributed by atoms with van der Waals surface area (Å²) >= 11 is 0. The molecule has 0 heterocycles. The third-order valence-corrected chi connectivity index (χ3v) is 2.22. The van der Waals surface area contributed by atoms with Gasteiger partial charge in [-0.25, -0.2) is 0 Å². The Morgan fingerprint density at radius 1 is 1.67 bits per heavy atom.